The Morgan fingerprint density at radius 2 is 1.88 bits per heavy atom. The summed E-state index contributed by atoms with van der Waals surface area (Å²) in [4.78, 5) is 52.3. The zero-order valence-corrected chi connectivity index (χ0v) is 19.9. The van der Waals surface area contributed by atoms with Crippen LogP contribution in [0.15, 0.2) is 47.8 Å². The molecule has 0 spiro atoms. The number of aromatic nitrogens is 1. The molecule has 12 heteroatoms. The minimum atomic E-state index is -1.08. The average molecular weight is 502 g/mol. The highest BCUT2D eigenvalue weighted by molar-refractivity contribution is 7.10. The molecule has 0 bridgehead atoms. The van der Waals surface area contributed by atoms with Crippen molar-refractivity contribution in [2.75, 3.05) is 18.9 Å². The Kier molecular flexibility index (Phi) is 8.33. The van der Waals surface area contributed by atoms with E-state index in [0.29, 0.717) is 4.88 Å². The van der Waals surface area contributed by atoms with Crippen LogP contribution in [0.4, 0.5) is 5.69 Å². The normalized spacial score (nSPS) is 11.4. The minimum absolute atomic E-state index is 0.00974. The summed E-state index contributed by atoms with van der Waals surface area (Å²) in [5, 5.41) is 4.32. The molecule has 2 heterocycles. The van der Waals surface area contributed by atoms with Crippen LogP contribution in [0.1, 0.15) is 43.6 Å². The fraction of sp³-hybridized carbons (Fsp3) is 0.227. The first-order chi connectivity index (χ1) is 16.3. The van der Waals surface area contributed by atoms with Crippen molar-refractivity contribution in [3.05, 3.63) is 68.9 Å². The number of carbonyl (C=O) groups is 4. The van der Waals surface area contributed by atoms with Gasteiger partial charge in [-0.05, 0) is 35.5 Å². The molecule has 178 valence electrons. The van der Waals surface area contributed by atoms with Crippen molar-refractivity contribution >= 4 is 52.2 Å². The molecule has 3 amide bonds. The summed E-state index contributed by atoms with van der Waals surface area (Å²) in [7, 11) is 0. The van der Waals surface area contributed by atoms with Gasteiger partial charge in [0.2, 0.25) is 5.91 Å². The summed E-state index contributed by atoms with van der Waals surface area (Å²) in [6, 6.07) is 11.5. The van der Waals surface area contributed by atoms with Crippen molar-refractivity contribution in [2.24, 2.45) is 5.73 Å². The third kappa shape index (κ3) is 5.77. The van der Waals surface area contributed by atoms with E-state index in [4.69, 9.17) is 16.2 Å². The standard InChI is InChI=1S/C22H23N5O5S2/c1-2-32-15(28)11-25-21(30)18(14-9-6-10-33-14)27(12-13-7-4-3-5-8-13)22(31)19-16(23)17(20(24)29)26-34-19/h3-10,18H,2,11-12,23H2,1H3,(H2,24,29)(H,25,30)/t18-/m0/s1. The van der Waals surface area contributed by atoms with E-state index in [-0.39, 0.29) is 36.0 Å². The predicted octanol–water partition coefficient (Wildman–Crippen LogP) is 1.95. The van der Waals surface area contributed by atoms with Crippen molar-refractivity contribution in [2.45, 2.75) is 19.5 Å². The zero-order chi connectivity index (χ0) is 24.7. The number of esters is 1. The lowest BCUT2D eigenvalue weighted by atomic mass is 10.1. The van der Waals surface area contributed by atoms with E-state index >= 15 is 0 Å². The van der Waals surface area contributed by atoms with E-state index in [9.17, 15) is 19.2 Å². The number of nitrogens with zero attached hydrogens (tertiary/aromatic N) is 2. The number of benzene rings is 1. The lowest BCUT2D eigenvalue weighted by Gasteiger charge is -2.30. The second-order valence-corrected chi connectivity index (χ2v) is 8.75. The molecular formula is C22H23N5O5S2. The number of nitrogens with two attached hydrogens (primary N) is 2. The van der Waals surface area contributed by atoms with E-state index < -0.39 is 29.7 Å². The van der Waals surface area contributed by atoms with Crippen molar-refractivity contribution in [3.8, 4) is 0 Å². The van der Waals surface area contributed by atoms with Crippen LogP contribution < -0.4 is 16.8 Å². The molecule has 0 aliphatic heterocycles. The molecule has 0 unspecified atom stereocenters. The summed E-state index contributed by atoms with van der Waals surface area (Å²) in [5.74, 6) is -2.63. The van der Waals surface area contributed by atoms with Crippen molar-refractivity contribution < 1.29 is 23.9 Å². The van der Waals surface area contributed by atoms with Gasteiger partial charge in [0.25, 0.3) is 11.8 Å². The van der Waals surface area contributed by atoms with Gasteiger partial charge in [-0.3, -0.25) is 19.2 Å². The highest BCUT2D eigenvalue weighted by atomic mass is 32.1. The van der Waals surface area contributed by atoms with E-state index in [0.717, 1.165) is 17.1 Å². The Hall–Kier alpha value is -3.77. The molecule has 1 atom stereocenters. The average Bonchev–Trinajstić information content (AvgIpc) is 3.48. The molecule has 3 aromatic rings. The molecule has 0 aliphatic rings. The van der Waals surface area contributed by atoms with E-state index in [2.05, 4.69) is 9.69 Å². The molecule has 0 fully saturated rings. The predicted molar refractivity (Wildman–Crippen MR) is 128 cm³/mol. The molecular weight excluding hydrogens is 478 g/mol. The fourth-order valence-corrected chi connectivity index (χ4v) is 4.76. The number of hydrogen-bond acceptors (Lipinski definition) is 9. The smallest absolute Gasteiger partial charge is 0.325 e. The van der Waals surface area contributed by atoms with Crippen LogP contribution in [-0.2, 0) is 20.9 Å². The van der Waals surface area contributed by atoms with Crippen molar-refractivity contribution in [1.82, 2.24) is 14.6 Å². The second kappa shape index (κ2) is 11.4. The van der Waals surface area contributed by atoms with Crippen LogP contribution in [0.5, 0.6) is 0 Å². The SMILES string of the molecule is CCOC(=O)CNC(=O)[C@H](c1cccs1)N(Cc1ccccc1)C(=O)c1snc(C(N)=O)c1N. The molecule has 0 aliphatic carbocycles. The van der Waals surface area contributed by atoms with Crippen molar-refractivity contribution in [3.63, 3.8) is 0 Å². The van der Waals surface area contributed by atoms with E-state index in [1.807, 2.05) is 30.3 Å². The first kappa shape index (κ1) is 24.9. The lowest BCUT2D eigenvalue weighted by Crippen LogP contribution is -2.44. The van der Waals surface area contributed by atoms with Gasteiger partial charge in [-0.25, -0.2) is 0 Å². The first-order valence-electron chi connectivity index (χ1n) is 10.2. The van der Waals surface area contributed by atoms with Crippen LogP contribution in [0, 0.1) is 0 Å². The molecule has 34 heavy (non-hydrogen) atoms. The van der Waals surface area contributed by atoms with Crippen LogP contribution in [0.3, 0.4) is 0 Å². The van der Waals surface area contributed by atoms with Crippen LogP contribution in [0.25, 0.3) is 0 Å². The minimum Gasteiger partial charge on any atom is -0.465 e. The topological polar surface area (TPSA) is 158 Å². The van der Waals surface area contributed by atoms with Crippen LogP contribution in [-0.4, -0.2) is 46.1 Å². The van der Waals surface area contributed by atoms with Gasteiger partial charge in [0.1, 0.15) is 17.5 Å². The maximum atomic E-state index is 13.7. The van der Waals surface area contributed by atoms with Gasteiger partial charge < -0.3 is 26.4 Å². The summed E-state index contributed by atoms with van der Waals surface area (Å²) >= 11 is 2.01. The number of thiophene rings is 1. The van der Waals surface area contributed by atoms with E-state index in [1.54, 1.807) is 24.4 Å². The number of primary amides is 1. The number of rotatable bonds is 10. The Labute approximate surface area is 203 Å². The highest BCUT2D eigenvalue weighted by Crippen LogP contribution is 2.32. The lowest BCUT2D eigenvalue weighted by molar-refractivity contribution is -0.143. The molecule has 10 nitrogen and oxygen atoms in total. The number of amides is 3. The largest absolute Gasteiger partial charge is 0.465 e. The zero-order valence-electron chi connectivity index (χ0n) is 18.2. The third-order valence-electron chi connectivity index (χ3n) is 4.70. The van der Waals surface area contributed by atoms with Gasteiger partial charge in [-0.15, -0.1) is 11.3 Å². The Morgan fingerprint density at radius 1 is 1.15 bits per heavy atom. The second-order valence-electron chi connectivity index (χ2n) is 7.00. The molecule has 1 aromatic carbocycles. The van der Waals surface area contributed by atoms with Crippen LogP contribution >= 0.6 is 22.9 Å². The Balaban J connectivity index is 2.02. The van der Waals surface area contributed by atoms with Crippen LogP contribution in [0.2, 0.25) is 0 Å². The molecule has 2 aromatic heterocycles. The number of hydrogen-bond donors (Lipinski definition) is 3. The molecule has 0 saturated carbocycles. The summed E-state index contributed by atoms with van der Waals surface area (Å²) in [5.41, 5.74) is 11.7. The monoisotopic (exact) mass is 501 g/mol. The summed E-state index contributed by atoms with van der Waals surface area (Å²) in [6.07, 6.45) is 0. The van der Waals surface area contributed by atoms with Gasteiger partial charge in [-0.2, -0.15) is 4.37 Å². The third-order valence-corrected chi connectivity index (χ3v) is 6.47. The van der Waals surface area contributed by atoms with Gasteiger partial charge in [-0.1, -0.05) is 36.4 Å². The van der Waals surface area contributed by atoms with Gasteiger partial charge >= 0.3 is 5.97 Å². The molecule has 0 saturated heterocycles. The Bertz CT molecular complexity index is 1160. The number of nitrogens with one attached hydrogen (secondary N) is 1. The highest BCUT2D eigenvalue weighted by Gasteiger charge is 2.35. The van der Waals surface area contributed by atoms with Gasteiger partial charge in [0, 0.05) is 11.4 Å². The molecule has 5 N–H and O–H groups in total. The maximum Gasteiger partial charge on any atom is 0.325 e. The molecule has 3 rings (SSSR count). The fourth-order valence-electron chi connectivity index (χ4n) is 3.16. The number of ether oxygens (including phenoxy) is 1. The Morgan fingerprint density at radius 3 is 2.47 bits per heavy atom. The maximum absolute atomic E-state index is 13.7. The van der Waals surface area contributed by atoms with Crippen molar-refractivity contribution in [1.29, 1.82) is 0 Å². The van der Waals surface area contributed by atoms with E-state index in [1.165, 1.54) is 16.2 Å². The number of anilines is 1. The van der Waals surface area contributed by atoms with Gasteiger partial charge in [0.05, 0.1) is 12.3 Å². The number of nitrogen functional groups attached to an aromatic ring is 1. The molecule has 0 radical (unpaired) electrons. The summed E-state index contributed by atoms with van der Waals surface area (Å²) < 4.78 is 8.79. The first-order valence-corrected chi connectivity index (χ1v) is 11.8. The summed E-state index contributed by atoms with van der Waals surface area (Å²) in [6.45, 7) is 1.54. The van der Waals surface area contributed by atoms with Gasteiger partial charge in [0.15, 0.2) is 5.69 Å². The quantitative estimate of drug-likeness (QED) is 0.358. The number of carbonyl (C=O) groups excluding carboxylic acids is 4.